The summed E-state index contributed by atoms with van der Waals surface area (Å²) in [6.45, 7) is 10.4. The molecular weight excluding hydrogens is 428 g/mol. The molecule has 2 aliphatic rings. The van der Waals surface area contributed by atoms with Crippen molar-refractivity contribution in [1.29, 1.82) is 0 Å². The van der Waals surface area contributed by atoms with Gasteiger partial charge in [0.15, 0.2) is 0 Å². The smallest absolute Gasteiger partial charge is 0.222 e. The number of pyridine rings is 1. The molecule has 0 aliphatic carbocycles. The first-order chi connectivity index (χ1) is 16.6. The standard InChI is InChI=1S/C27H38N4O3/c1-3-8-23-12-13-25(29-27(23)28-21(2)32)33-19-5-4-14-30-15-17-31(18-16-30)24-11-6-9-22-10-7-20-34-26(22)24/h6,9,11-13H,3-5,7-8,10,14-20H2,1-2H3,(H,28,29,32). The van der Waals surface area contributed by atoms with E-state index in [1.165, 1.54) is 18.2 Å². The molecule has 7 heteroatoms. The number of para-hydroxylation sites is 1. The molecule has 1 aromatic carbocycles. The van der Waals surface area contributed by atoms with Crippen LogP contribution in [0.3, 0.4) is 0 Å². The molecule has 2 aromatic rings. The van der Waals surface area contributed by atoms with Gasteiger partial charge in [0.1, 0.15) is 11.6 Å². The maximum atomic E-state index is 11.5. The van der Waals surface area contributed by atoms with Gasteiger partial charge in [-0.1, -0.05) is 25.5 Å². The zero-order valence-electron chi connectivity index (χ0n) is 20.6. The number of aromatic nitrogens is 1. The number of benzene rings is 1. The van der Waals surface area contributed by atoms with E-state index in [2.05, 4.69) is 45.2 Å². The zero-order valence-corrected chi connectivity index (χ0v) is 20.6. The second-order valence-electron chi connectivity index (χ2n) is 9.19. The van der Waals surface area contributed by atoms with Gasteiger partial charge in [0.05, 0.1) is 18.9 Å². The molecule has 2 aliphatic heterocycles. The van der Waals surface area contributed by atoms with Crippen molar-refractivity contribution in [1.82, 2.24) is 9.88 Å². The first-order valence-corrected chi connectivity index (χ1v) is 12.8. The summed E-state index contributed by atoms with van der Waals surface area (Å²) in [7, 11) is 0. The van der Waals surface area contributed by atoms with Crippen LogP contribution in [0.2, 0.25) is 0 Å². The van der Waals surface area contributed by atoms with E-state index >= 15 is 0 Å². The van der Waals surface area contributed by atoms with Gasteiger partial charge in [-0.25, -0.2) is 0 Å². The van der Waals surface area contributed by atoms with Gasteiger partial charge in [-0.15, -0.1) is 0 Å². The monoisotopic (exact) mass is 466 g/mol. The van der Waals surface area contributed by atoms with Crippen molar-refractivity contribution in [2.75, 3.05) is 56.2 Å². The lowest BCUT2D eigenvalue weighted by atomic mass is 10.0. The first kappa shape index (κ1) is 24.3. The van der Waals surface area contributed by atoms with Gasteiger partial charge in [-0.2, -0.15) is 4.98 Å². The number of aryl methyl sites for hydroxylation is 2. The maximum Gasteiger partial charge on any atom is 0.222 e. The van der Waals surface area contributed by atoms with Gasteiger partial charge >= 0.3 is 0 Å². The van der Waals surface area contributed by atoms with Crippen LogP contribution >= 0.6 is 0 Å². The Labute approximate surface area is 203 Å². The van der Waals surface area contributed by atoms with Crippen LogP contribution in [-0.2, 0) is 17.6 Å². The van der Waals surface area contributed by atoms with Crippen LogP contribution in [-0.4, -0.2) is 61.7 Å². The summed E-state index contributed by atoms with van der Waals surface area (Å²) in [6.07, 6.45) is 6.20. The molecule has 0 spiro atoms. The fourth-order valence-corrected chi connectivity index (χ4v) is 4.74. The molecule has 4 rings (SSSR count). The third kappa shape index (κ3) is 6.41. The molecule has 0 atom stereocenters. The Hall–Kier alpha value is -2.80. The van der Waals surface area contributed by atoms with Crippen molar-refractivity contribution >= 4 is 17.4 Å². The topological polar surface area (TPSA) is 66.9 Å². The van der Waals surface area contributed by atoms with Crippen LogP contribution in [0, 0.1) is 0 Å². The lowest BCUT2D eigenvalue weighted by Gasteiger charge is -2.37. The lowest BCUT2D eigenvalue weighted by Crippen LogP contribution is -2.46. The summed E-state index contributed by atoms with van der Waals surface area (Å²) >= 11 is 0. The molecule has 3 heterocycles. The molecule has 1 N–H and O–H groups in total. The summed E-state index contributed by atoms with van der Waals surface area (Å²) < 4.78 is 11.9. The number of rotatable bonds is 10. The predicted molar refractivity (Wildman–Crippen MR) is 136 cm³/mol. The van der Waals surface area contributed by atoms with Crippen LogP contribution in [0.15, 0.2) is 30.3 Å². The lowest BCUT2D eigenvalue weighted by molar-refractivity contribution is -0.114. The van der Waals surface area contributed by atoms with E-state index in [4.69, 9.17) is 9.47 Å². The van der Waals surface area contributed by atoms with E-state index in [1.807, 2.05) is 12.1 Å². The van der Waals surface area contributed by atoms with Crippen molar-refractivity contribution in [3.8, 4) is 11.6 Å². The Morgan fingerprint density at radius 1 is 1.15 bits per heavy atom. The highest BCUT2D eigenvalue weighted by molar-refractivity contribution is 5.88. The first-order valence-electron chi connectivity index (χ1n) is 12.8. The summed E-state index contributed by atoms with van der Waals surface area (Å²) in [5.74, 6) is 2.19. The van der Waals surface area contributed by atoms with Crippen LogP contribution in [0.5, 0.6) is 11.6 Å². The number of ether oxygens (including phenoxy) is 2. The number of carbonyl (C=O) groups excluding carboxylic acids is 1. The van der Waals surface area contributed by atoms with Crippen molar-refractivity contribution in [3.05, 3.63) is 41.5 Å². The highest BCUT2D eigenvalue weighted by atomic mass is 16.5. The quantitative estimate of drug-likeness (QED) is 0.527. The highest BCUT2D eigenvalue weighted by Crippen LogP contribution is 2.35. The minimum absolute atomic E-state index is 0.109. The third-order valence-corrected chi connectivity index (χ3v) is 6.51. The summed E-state index contributed by atoms with van der Waals surface area (Å²) in [5.41, 5.74) is 3.66. The molecule has 34 heavy (non-hydrogen) atoms. The molecule has 0 bridgehead atoms. The number of amides is 1. The SMILES string of the molecule is CCCc1ccc(OCCCCN2CCN(c3cccc4c3OCCC4)CC2)nc1NC(C)=O. The van der Waals surface area contributed by atoms with E-state index in [1.54, 1.807) is 0 Å². The van der Waals surface area contributed by atoms with Gasteiger partial charge < -0.3 is 19.7 Å². The predicted octanol–water partition coefficient (Wildman–Crippen LogP) is 4.30. The molecule has 1 amide bonds. The highest BCUT2D eigenvalue weighted by Gasteiger charge is 2.22. The Balaban J connectivity index is 1.18. The number of hydrogen-bond acceptors (Lipinski definition) is 6. The molecule has 184 valence electrons. The van der Waals surface area contributed by atoms with Crippen molar-refractivity contribution in [2.45, 2.75) is 52.4 Å². The van der Waals surface area contributed by atoms with Gasteiger partial charge in [0.2, 0.25) is 11.8 Å². The maximum absolute atomic E-state index is 11.5. The number of fused-ring (bicyclic) bond motifs is 1. The second kappa shape index (κ2) is 12.1. The molecular formula is C27H38N4O3. The Bertz CT molecular complexity index is 957. The molecule has 0 radical (unpaired) electrons. The molecule has 1 saturated heterocycles. The van der Waals surface area contributed by atoms with Gasteiger partial charge in [-0.05, 0) is 61.9 Å². The number of nitrogens with one attached hydrogen (secondary N) is 1. The number of unbranched alkanes of at least 4 members (excludes halogenated alkanes) is 1. The van der Waals surface area contributed by atoms with E-state index in [0.717, 1.165) is 89.2 Å². The molecule has 1 fully saturated rings. The van der Waals surface area contributed by atoms with E-state index in [-0.39, 0.29) is 5.91 Å². The average Bonchev–Trinajstić information content (AvgIpc) is 2.85. The van der Waals surface area contributed by atoms with Crippen molar-refractivity contribution in [2.24, 2.45) is 0 Å². The second-order valence-corrected chi connectivity index (χ2v) is 9.19. The molecule has 1 aromatic heterocycles. The van der Waals surface area contributed by atoms with Crippen LogP contribution in [0.25, 0.3) is 0 Å². The Morgan fingerprint density at radius 2 is 2.00 bits per heavy atom. The molecule has 0 saturated carbocycles. The van der Waals surface area contributed by atoms with Crippen LogP contribution in [0.4, 0.5) is 11.5 Å². The molecule has 0 unspecified atom stereocenters. The van der Waals surface area contributed by atoms with Gasteiger partial charge in [0.25, 0.3) is 0 Å². The molecule has 7 nitrogen and oxygen atoms in total. The van der Waals surface area contributed by atoms with Crippen molar-refractivity contribution < 1.29 is 14.3 Å². The fourth-order valence-electron chi connectivity index (χ4n) is 4.74. The number of hydrogen-bond donors (Lipinski definition) is 1. The fraction of sp³-hybridized carbons (Fsp3) is 0.556. The minimum atomic E-state index is -0.109. The number of piperazine rings is 1. The number of anilines is 2. The third-order valence-electron chi connectivity index (χ3n) is 6.51. The largest absolute Gasteiger partial charge is 0.491 e. The Morgan fingerprint density at radius 3 is 2.79 bits per heavy atom. The van der Waals surface area contributed by atoms with Crippen molar-refractivity contribution in [3.63, 3.8) is 0 Å². The van der Waals surface area contributed by atoms with Gasteiger partial charge in [-0.3, -0.25) is 9.69 Å². The minimum Gasteiger partial charge on any atom is -0.491 e. The van der Waals surface area contributed by atoms with Crippen LogP contribution < -0.4 is 19.7 Å². The number of nitrogens with zero attached hydrogens (tertiary/aromatic N) is 3. The normalized spacial score (nSPS) is 16.0. The summed E-state index contributed by atoms with van der Waals surface area (Å²) in [4.78, 5) is 21.0. The number of carbonyl (C=O) groups is 1. The summed E-state index contributed by atoms with van der Waals surface area (Å²) in [6, 6.07) is 10.5. The van der Waals surface area contributed by atoms with Gasteiger partial charge in [0, 0.05) is 39.2 Å². The van der Waals surface area contributed by atoms with E-state index in [9.17, 15) is 4.79 Å². The van der Waals surface area contributed by atoms with Crippen LogP contribution in [0.1, 0.15) is 50.7 Å². The van der Waals surface area contributed by atoms with E-state index < -0.39 is 0 Å². The average molecular weight is 467 g/mol. The zero-order chi connectivity index (χ0) is 23.8. The summed E-state index contributed by atoms with van der Waals surface area (Å²) in [5, 5.41) is 2.83. The Kier molecular flexibility index (Phi) is 8.63. The van der Waals surface area contributed by atoms with E-state index in [0.29, 0.717) is 18.3 Å².